The number of carbonyl (C=O) groups is 2. The molecule has 3 N–H and O–H groups in total. The average molecular weight is 257 g/mol. The Balaban J connectivity index is 0. The van der Waals surface area contributed by atoms with Crippen LogP contribution in [0, 0.1) is 0 Å². The van der Waals surface area contributed by atoms with E-state index in [2.05, 4.69) is 0 Å². The third-order valence-electron chi connectivity index (χ3n) is 0.794. The van der Waals surface area contributed by atoms with Crippen molar-refractivity contribution >= 4 is 11.9 Å². The third-order valence-corrected chi connectivity index (χ3v) is 0.794. The summed E-state index contributed by atoms with van der Waals surface area (Å²) in [5, 5.41) is 34.1. The van der Waals surface area contributed by atoms with Gasteiger partial charge in [-0.2, -0.15) is 0 Å². The van der Waals surface area contributed by atoms with Crippen molar-refractivity contribution < 1.29 is 52.4 Å². The van der Waals surface area contributed by atoms with Gasteiger partial charge in [-0.25, -0.2) is 4.79 Å². The fourth-order valence-corrected chi connectivity index (χ4v) is 0.264. The molecule has 0 saturated carbocycles. The maximum absolute atomic E-state index is 9.74. The van der Waals surface area contributed by atoms with Crippen LogP contribution >= 0.6 is 0 Å². The van der Waals surface area contributed by atoms with Crippen LogP contribution in [0.4, 0.5) is 0 Å². The van der Waals surface area contributed by atoms with E-state index >= 15 is 0 Å². The number of hydrogen-bond donors (Lipinski definition) is 3. The molecule has 0 aromatic rings. The molecule has 0 bridgehead atoms. The number of rotatable bonds is 3. The molecule has 0 aromatic heterocycles. The zero-order valence-electron chi connectivity index (χ0n) is 5.02. The number of hydrogen-bond acceptors (Lipinski definition) is 5. The molecule has 0 aliphatic rings. The first-order valence-corrected chi connectivity index (χ1v) is 2.26. The fraction of sp³-hybridized carbons (Fsp3) is 0.500. The molecule has 0 amide bonds. The van der Waals surface area contributed by atoms with Gasteiger partial charge < -0.3 is 25.2 Å². The van der Waals surface area contributed by atoms with Gasteiger partial charge in [-0.15, -0.1) is 0 Å². The first kappa shape index (κ1) is 13.2. The van der Waals surface area contributed by atoms with Gasteiger partial charge in [-0.1, -0.05) is 0 Å². The summed E-state index contributed by atoms with van der Waals surface area (Å²) in [4.78, 5) is 19.4. The maximum atomic E-state index is 9.74. The summed E-state index contributed by atoms with van der Waals surface area (Å²) in [6.45, 7) is 0. The molecule has 0 aliphatic heterocycles. The van der Waals surface area contributed by atoms with E-state index in [4.69, 9.17) is 15.3 Å². The van der Waals surface area contributed by atoms with E-state index in [9.17, 15) is 14.7 Å². The minimum absolute atomic E-state index is 0. The van der Waals surface area contributed by atoms with E-state index in [-0.39, 0.29) is 22.4 Å². The molecular weight excluding hydrogens is 252 g/mol. The zero-order chi connectivity index (χ0) is 8.31. The van der Waals surface area contributed by atoms with Crippen molar-refractivity contribution in [1.82, 2.24) is 0 Å². The van der Waals surface area contributed by atoms with Gasteiger partial charge in [0.1, 0.15) is 6.10 Å². The van der Waals surface area contributed by atoms with Gasteiger partial charge in [0.15, 0.2) is 6.10 Å². The van der Waals surface area contributed by atoms with Crippen molar-refractivity contribution in [2.24, 2.45) is 0 Å². The maximum Gasteiger partial charge on any atom is 1.00 e. The molecule has 2 unspecified atom stereocenters. The van der Waals surface area contributed by atoms with E-state index in [0.717, 1.165) is 0 Å². The second kappa shape index (κ2) is 5.28. The van der Waals surface area contributed by atoms with E-state index in [1.807, 2.05) is 0 Å². The van der Waals surface area contributed by atoms with E-state index in [0.29, 0.717) is 0 Å². The Morgan fingerprint density at radius 1 is 1.18 bits per heavy atom. The minimum atomic E-state index is -2.38. The SMILES string of the molecule is O=C([O-])C(O)C(O)C(=O)O.[Ag+]. The standard InChI is InChI=1S/C4H6O6.Ag/c5-1(3(7)8)2(6)4(9)10;/h1-2,5-6H,(H,7,8)(H,9,10);/q;+1/p-1. The largest absolute Gasteiger partial charge is 1.00 e. The second-order valence-corrected chi connectivity index (χ2v) is 1.55. The Morgan fingerprint density at radius 2 is 1.55 bits per heavy atom. The number of aliphatic hydroxyl groups excluding tert-OH is 2. The Labute approximate surface area is 77.0 Å². The normalized spacial score (nSPS) is 14.4. The van der Waals surface area contributed by atoms with Gasteiger partial charge in [0.25, 0.3) is 0 Å². The Hall–Kier alpha value is -0.400. The van der Waals surface area contributed by atoms with Crippen LogP contribution in [0.15, 0.2) is 0 Å². The quantitative estimate of drug-likeness (QED) is 0.452. The Morgan fingerprint density at radius 3 is 1.64 bits per heavy atom. The summed E-state index contributed by atoms with van der Waals surface area (Å²) >= 11 is 0. The molecule has 0 aromatic carbocycles. The summed E-state index contributed by atoms with van der Waals surface area (Å²) in [5.41, 5.74) is 0. The summed E-state index contributed by atoms with van der Waals surface area (Å²) < 4.78 is 0. The molecular formula is C4H5AgO6. The summed E-state index contributed by atoms with van der Waals surface area (Å²) in [6, 6.07) is 0. The van der Waals surface area contributed by atoms with Crippen LogP contribution in [0.2, 0.25) is 0 Å². The van der Waals surface area contributed by atoms with E-state index in [1.165, 1.54) is 0 Å². The first-order chi connectivity index (χ1) is 4.46. The minimum Gasteiger partial charge on any atom is -0.547 e. The van der Waals surface area contributed by atoms with Crippen LogP contribution in [-0.4, -0.2) is 39.5 Å². The van der Waals surface area contributed by atoms with Crippen LogP contribution in [0.3, 0.4) is 0 Å². The predicted octanol–water partition coefficient (Wildman–Crippen LogP) is -3.46. The number of carboxylic acid groups (broad SMARTS) is 2. The van der Waals surface area contributed by atoms with Gasteiger partial charge in [0.05, 0.1) is 5.97 Å². The first-order valence-electron chi connectivity index (χ1n) is 2.26. The van der Waals surface area contributed by atoms with Crippen molar-refractivity contribution in [3.8, 4) is 0 Å². The topological polar surface area (TPSA) is 118 Å². The van der Waals surface area contributed by atoms with Crippen molar-refractivity contribution in [3.63, 3.8) is 0 Å². The van der Waals surface area contributed by atoms with Crippen LogP contribution in [0.1, 0.15) is 0 Å². The number of aliphatic hydroxyl groups is 2. The van der Waals surface area contributed by atoms with Crippen LogP contribution in [-0.2, 0) is 32.0 Å². The summed E-state index contributed by atoms with van der Waals surface area (Å²) in [7, 11) is 0. The van der Waals surface area contributed by atoms with Crippen molar-refractivity contribution in [2.75, 3.05) is 0 Å². The Bertz CT molecular complexity index is 139. The van der Waals surface area contributed by atoms with Gasteiger partial charge in [0.2, 0.25) is 0 Å². The molecule has 0 aliphatic carbocycles. The monoisotopic (exact) mass is 256 g/mol. The molecule has 6 nitrogen and oxygen atoms in total. The van der Waals surface area contributed by atoms with Gasteiger partial charge in [0, 0.05) is 0 Å². The summed E-state index contributed by atoms with van der Waals surface area (Å²) in [6.07, 6.45) is -4.71. The molecule has 0 rings (SSSR count). The zero-order valence-corrected chi connectivity index (χ0v) is 6.50. The molecule has 0 fully saturated rings. The molecule has 0 heterocycles. The summed E-state index contributed by atoms with van der Waals surface area (Å²) in [5.74, 6) is -3.83. The number of carboxylic acids is 2. The van der Waals surface area contributed by atoms with Crippen LogP contribution in [0.5, 0.6) is 0 Å². The van der Waals surface area contributed by atoms with Crippen LogP contribution in [0.25, 0.3) is 0 Å². The third kappa shape index (κ3) is 4.12. The molecule has 11 heavy (non-hydrogen) atoms. The van der Waals surface area contributed by atoms with Crippen molar-refractivity contribution in [3.05, 3.63) is 0 Å². The van der Waals surface area contributed by atoms with Crippen molar-refractivity contribution in [1.29, 1.82) is 0 Å². The molecule has 68 valence electrons. The van der Waals surface area contributed by atoms with Crippen molar-refractivity contribution in [2.45, 2.75) is 12.2 Å². The van der Waals surface area contributed by atoms with Gasteiger partial charge in [-0.05, 0) is 0 Å². The molecule has 0 saturated heterocycles. The van der Waals surface area contributed by atoms with Gasteiger partial charge >= 0.3 is 28.3 Å². The molecule has 7 heteroatoms. The number of aliphatic carboxylic acids is 2. The Kier molecular flexibility index (Phi) is 6.34. The predicted molar refractivity (Wildman–Crippen MR) is 24.7 cm³/mol. The second-order valence-electron chi connectivity index (χ2n) is 1.55. The molecule has 0 spiro atoms. The van der Waals surface area contributed by atoms with Crippen LogP contribution < -0.4 is 5.11 Å². The van der Waals surface area contributed by atoms with E-state index < -0.39 is 24.1 Å². The fourth-order valence-electron chi connectivity index (χ4n) is 0.264. The smallest absolute Gasteiger partial charge is 0.547 e. The van der Waals surface area contributed by atoms with E-state index in [1.54, 1.807) is 0 Å². The number of carbonyl (C=O) groups excluding carboxylic acids is 1. The molecule has 2 atom stereocenters. The molecule has 0 radical (unpaired) electrons. The van der Waals surface area contributed by atoms with Gasteiger partial charge in [-0.3, -0.25) is 0 Å². The average Bonchev–Trinajstić information content (AvgIpc) is 1.84.